The molecule has 0 spiro atoms. The highest BCUT2D eigenvalue weighted by molar-refractivity contribution is 5.82. The first-order chi connectivity index (χ1) is 9.19. The number of ether oxygens (including phenoxy) is 2. The minimum atomic E-state index is -0.000796. The van der Waals surface area contributed by atoms with Gasteiger partial charge >= 0.3 is 0 Å². The van der Waals surface area contributed by atoms with Crippen molar-refractivity contribution >= 4 is 6.29 Å². The Morgan fingerprint density at radius 1 is 1.26 bits per heavy atom. The van der Waals surface area contributed by atoms with Crippen LogP contribution in [0.5, 0.6) is 11.5 Å². The van der Waals surface area contributed by atoms with Crippen molar-refractivity contribution in [2.75, 3.05) is 13.2 Å². The first-order valence-electron chi connectivity index (χ1n) is 6.83. The van der Waals surface area contributed by atoms with E-state index in [1.165, 1.54) is 0 Å². The molecule has 1 heterocycles. The van der Waals surface area contributed by atoms with E-state index in [1.807, 2.05) is 19.1 Å². The van der Waals surface area contributed by atoms with Gasteiger partial charge in [0.15, 0.2) is 17.8 Å². The second-order valence-electron chi connectivity index (χ2n) is 5.47. The van der Waals surface area contributed by atoms with E-state index in [-0.39, 0.29) is 11.5 Å². The van der Waals surface area contributed by atoms with E-state index in [0.29, 0.717) is 24.5 Å². The summed E-state index contributed by atoms with van der Waals surface area (Å²) in [5.41, 5.74) is 7.80. The van der Waals surface area contributed by atoms with Crippen molar-refractivity contribution in [1.82, 2.24) is 0 Å². The molecule has 0 saturated heterocycles. The molecular formula is C15H19NO3. The minimum Gasteiger partial charge on any atom is -0.489 e. The number of rotatable bonds is 3. The molecule has 1 aliphatic heterocycles. The predicted octanol–water partition coefficient (Wildman–Crippen LogP) is 2.04. The Labute approximate surface area is 112 Å². The number of carbonyl (C=O) groups excluding carboxylic acids is 1. The van der Waals surface area contributed by atoms with Gasteiger partial charge in [0.1, 0.15) is 0 Å². The molecular weight excluding hydrogens is 242 g/mol. The molecule has 1 unspecified atom stereocenters. The molecule has 102 valence electrons. The van der Waals surface area contributed by atoms with Crippen molar-refractivity contribution in [3.63, 3.8) is 0 Å². The zero-order valence-electron chi connectivity index (χ0n) is 11.1. The molecule has 1 aromatic rings. The number of hydrogen-bond donors (Lipinski definition) is 1. The number of benzene rings is 1. The summed E-state index contributed by atoms with van der Waals surface area (Å²) in [6.07, 6.45) is 3.79. The highest BCUT2D eigenvalue weighted by atomic mass is 16.5. The third kappa shape index (κ3) is 1.91. The lowest BCUT2D eigenvalue weighted by Crippen LogP contribution is -2.32. The Morgan fingerprint density at radius 3 is 2.53 bits per heavy atom. The van der Waals surface area contributed by atoms with Crippen molar-refractivity contribution < 1.29 is 14.3 Å². The topological polar surface area (TPSA) is 61.6 Å². The van der Waals surface area contributed by atoms with E-state index >= 15 is 0 Å². The monoisotopic (exact) mass is 261 g/mol. The van der Waals surface area contributed by atoms with E-state index in [2.05, 4.69) is 0 Å². The SMILES string of the molecule is CC(N)C1(c2ccc(C=O)c3c2OCCCO3)CC1. The molecule has 3 rings (SSSR count). The highest BCUT2D eigenvalue weighted by Crippen LogP contribution is 2.55. The van der Waals surface area contributed by atoms with Crippen molar-refractivity contribution in [2.45, 2.75) is 37.6 Å². The summed E-state index contributed by atoms with van der Waals surface area (Å²) in [5.74, 6) is 1.33. The molecule has 19 heavy (non-hydrogen) atoms. The van der Waals surface area contributed by atoms with Crippen LogP contribution in [0, 0.1) is 0 Å². The van der Waals surface area contributed by atoms with Crippen molar-refractivity contribution in [3.8, 4) is 11.5 Å². The number of fused-ring (bicyclic) bond motifs is 1. The van der Waals surface area contributed by atoms with Gasteiger partial charge in [0.2, 0.25) is 0 Å². The van der Waals surface area contributed by atoms with Crippen LogP contribution >= 0.6 is 0 Å². The molecule has 1 fully saturated rings. The molecule has 1 aromatic carbocycles. The van der Waals surface area contributed by atoms with Crippen LogP contribution in [-0.2, 0) is 5.41 Å². The van der Waals surface area contributed by atoms with Gasteiger partial charge in [0, 0.05) is 23.4 Å². The van der Waals surface area contributed by atoms with Gasteiger partial charge in [-0.25, -0.2) is 0 Å². The molecule has 1 saturated carbocycles. The maximum Gasteiger partial charge on any atom is 0.171 e. The van der Waals surface area contributed by atoms with E-state index in [0.717, 1.165) is 36.9 Å². The molecule has 0 aromatic heterocycles. The van der Waals surface area contributed by atoms with Gasteiger partial charge in [0.05, 0.1) is 18.8 Å². The third-order valence-corrected chi connectivity index (χ3v) is 4.25. The van der Waals surface area contributed by atoms with Crippen LogP contribution in [0.3, 0.4) is 0 Å². The minimum absolute atomic E-state index is 0.000796. The van der Waals surface area contributed by atoms with Crippen molar-refractivity contribution in [3.05, 3.63) is 23.3 Å². The first-order valence-corrected chi connectivity index (χ1v) is 6.83. The summed E-state index contributed by atoms with van der Waals surface area (Å²) in [6.45, 7) is 3.24. The molecule has 0 amide bonds. The van der Waals surface area contributed by atoms with Crippen LogP contribution in [-0.4, -0.2) is 25.5 Å². The molecule has 1 aliphatic carbocycles. The van der Waals surface area contributed by atoms with E-state index < -0.39 is 0 Å². The fourth-order valence-corrected chi connectivity index (χ4v) is 2.87. The lowest BCUT2D eigenvalue weighted by Gasteiger charge is -2.24. The van der Waals surface area contributed by atoms with E-state index in [9.17, 15) is 4.79 Å². The van der Waals surface area contributed by atoms with Gasteiger partial charge in [-0.2, -0.15) is 0 Å². The van der Waals surface area contributed by atoms with Crippen LogP contribution in [0.25, 0.3) is 0 Å². The normalized spacial score (nSPS) is 21.4. The Balaban J connectivity index is 2.14. The number of aldehydes is 1. The van der Waals surface area contributed by atoms with Gasteiger partial charge in [-0.3, -0.25) is 4.79 Å². The summed E-state index contributed by atoms with van der Waals surface area (Å²) in [5, 5.41) is 0. The van der Waals surface area contributed by atoms with Gasteiger partial charge in [-0.1, -0.05) is 6.07 Å². The van der Waals surface area contributed by atoms with Gasteiger partial charge in [0.25, 0.3) is 0 Å². The summed E-state index contributed by atoms with van der Waals surface area (Å²) in [6, 6.07) is 3.87. The fraction of sp³-hybridized carbons (Fsp3) is 0.533. The lowest BCUT2D eigenvalue weighted by atomic mass is 9.87. The Morgan fingerprint density at radius 2 is 1.95 bits per heavy atom. The van der Waals surface area contributed by atoms with Crippen LogP contribution in [0.4, 0.5) is 0 Å². The highest BCUT2D eigenvalue weighted by Gasteiger charge is 2.50. The molecule has 4 nitrogen and oxygen atoms in total. The first kappa shape index (κ1) is 12.5. The molecule has 0 bridgehead atoms. The predicted molar refractivity (Wildman–Crippen MR) is 72.0 cm³/mol. The third-order valence-electron chi connectivity index (χ3n) is 4.25. The second kappa shape index (κ2) is 4.53. The van der Waals surface area contributed by atoms with E-state index in [4.69, 9.17) is 15.2 Å². The van der Waals surface area contributed by atoms with Crippen LogP contribution < -0.4 is 15.2 Å². The molecule has 2 N–H and O–H groups in total. The second-order valence-corrected chi connectivity index (χ2v) is 5.47. The van der Waals surface area contributed by atoms with E-state index in [1.54, 1.807) is 0 Å². The summed E-state index contributed by atoms with van der Waals surface area (Å²) >= 11 is 0. The molecule has 2 aliphatic rings. The summed E-state index contributed by atoms with van der Waals surface area (Å²) in [4.78, 5) is 11.1. The zero-order chi connectivity index (χ0) is 13.5. The fourth-order valence-electron chi connectivity index (χ4n) is 2.87. The maximum atomic E-state index is 11.1. The zero-order valence-corrected chi connectivity index (χ0v) is 11.1. The standard InChI is InChI=1S/C15H19NO3/c1-10(16)15(5-6-15)12-4-3-11(9-17)13-14(12)19-8-2-7-18-13/h3-4,9-10H,2,5-8,16H2,1H3. The largest absolute Gasteiger partial charge is 0.489 e. The van der Waals surface area contributed by atoms with Crippen LogP contribution in [0.2, 0.25) is 0 Å². The maximum absolute atomic E-state index is 11.1. The van der Waals surface area contributed by atoms with Gasteiger partial charge in [-0.05, 0) is 25.8 Å². The Hall–Kier alpha value is -1.55. The van der Waals surface area contributed by atoms with Gasteiger partial charge in [-0.15, -0.1) is 0 Å². The van der Waals surface area contributed by atoms with Crippen molar-refractivity contribution in [1.29, 1.82) is 0 Å². The van der Waals surface area contributed by atoms with Crippen LogP contribution in [0.15, 0.2) is 12.1 Å². The quantitative estimate of drug-likeness (QED) is 0.846. The Kier molecular flexibility index (Phi) is 2.97. The van der Waals surface area contributed by atoms with Crippen molar-refractivity contribution in [2.24, 2.45) is 5.73 Å². The summed E-state index contributed by atoms with van der Waals surface area (Å²) in [7, 11) is 0. The molecule has 1 atom stereocenters. The smallest absolute Gasteiger partial charge is 0.171 e. The molecule has 4 heteroatoms. The number of carbonyl (C=O) groups is 1. The average Bonchev–Trinajstić information content (AvgIpc) is 3.21. The summed E-state index contributed by atoms with van der Waals surface area (Å²) < 4.78 is 11.6. The Bertz CT molecular complexity index is 506. The average molecular weight is 261 g/mol. The van der Waals surface area contributed by atoms with Crippen LogP contribution in [0.1, 0.15) is 42.1 Å². The molecule has 0 radical (unpaired) electrons. The van der Waals surface area contributed by atoms with Gasteiger partial charge < -0.3 is 15.2 Å². The number of nitrogens with two attached hydrogens (primary N) is 1. The number of hydrogen-bond acceptors (Lipinski definition) is 4. The lowest BCUT2D eigenvalue weighted by molar-refractivity contribution is 0.111.